The molecule has 0 N–H and O–H groups in total. The van der Waals surface area contributed by atoms with Crippen molar-refractivity contribution in [3.8, 4) is 27.8 Å². The minimum Gasteiger partial charge on any atom is -0.497 e. The molecule has 0 fully saturated rings. The fraction of sp³-hybridized carbons (Fsp3) is 0.261. The summed E-state index contributed by atoms with van der Waals surface area (Å²) in [6, 6.07) is 14.0. The van der Waals surface area contributed by atoms with E-state index in [0.29, 0.717) is 0 Å². The van der Waals surface area contributed by atoms with Crippen molar-refractivity contribution in [1.82, 2.24) is 19.7 Å². The van der Waals surface area contributed by atoms with Crippen molar-refractivity contribution in [3.05, 3.63) is 64.9 Å². The van der Waals surface area contributed by atoms with Crippen molar-refractivity contribution < 1.29 is 14.2 Å². The number of nitrogens with zero attached hydrogens (tertiary/aromatic N) is 4. The number of aromatic nitrogens is 4. The van der Waals surface area contributed by atoms with Crippen LogP contribution in [0.2, 0.25) is 0 Å². The van der Waals surface area contributed by atoms with Gasteiger partial charge in [0, 0.05) is 29.7 Å². The van der Waals surface area contributed by atoms with Gasteiger partial charge in [-0.2, -0.15) is 0 Å². The Balaban J connectivity index is 1.26. The van der Waals surface area contributed by atoms with Gasteiger partial charge in [0.05, 0.1) is 12.8 Å². The average molecular weight is 467 g/mol. The van der Waals surface area contributed by atoms with Crippen LogP contribution < -0.4 is 14.2 Å². The minimum absolute atomic E-state index is 0.275. The van der Waals surface area contributed by atoms with E-state index in [1.165, 1.54) is 5.56 Å². The minimum atomic E-state index is 0.275. The SMILES string of the molecule is CCn1c(Cc2ccc(OC)cc2)nnc1SCc1csc(-c2ccc3c(c2)OCO3)n1. The van der Waals surface area contributed by atoms with E-state index in [0.717, 1.165) is 63.2 Å². The first kappa shape index (κ1) is 20.8. The Morgan fingerprint density at radius 3 is 2.75 bits per heavy atom. The molecule has 0 unspecified atom stereocenters. The molecule has 2 aromatic carbocycles. The monoisotopic (exact) mass is 466 g/mol. The van der Waals surface area contributed by atoms with Crippen molar-refractivity contribution in [2.24, 2.45) is 0 Å². The summed E-state index contributed by atoms with van der Waals surface area (Å²) < 4.78 is 18.3. The molecule has 0 saturated heterocycles. The lowest BCUT2D eigenvalue weighted by atomic mass is 10.1. The molecule has 1 aliphatic heterocycles. The lowest BCUT2D eigenvalue weighted by Gasteiger charge is -2.07. The molecule has 0 bridgehead atoms. The highest BCUT2D eigenvalue weighted by atomic mass is 32.2. The molecule has 164 valence electrons. The number of thiazole rings is 1. The highest BCUT2D eigenvalue weighted by Gasteiger charge is 2.16. The Kier molecular flexibility index (Phi) is 6.00. The molecule has 7 nitrogen and oxygen atoms in total. The molecule has 0 atom stereocenters. The third-order valence-corrected chi connectivity index (χ3v) is 7.09. The molecular formula is C23H22N4O3S2. The summed E-state index contributed by atoms with van der Waals surface area (Å²) in [5, 5.41) is 12.8. The molecule has 3 heterocycles. The van der Waals surface area contributed by atoms with Crippen molar-refractivity contribution in [2.75, 3.05) is 13.9 Å². The summed E-state index contributed by atoms with van der Waals surface area (Å²) in [6.07, 6.45) is 0.732. The van der Waals surface area contributed by atoms with Crippen molar-refractivity contribution in [1.29, 1.82) is 0 Å². The summed E-state index contributed by atoms with van der Waals surface area (Å²) >= 11 is 3.29. The Morgan fingerprint density at radius 1 is 1.09 bits per heavy atom. The summed E-state index contributed by atoms with van der Waals surface area (Å²) in [5.41, 5.74) is 3.24. The summed E-state index contributed by atoms with van der Waals surface area (Å²) in [4.78, 5) is 4.80. The molecule has 0 radical (unpaired) electrons. The molecule has 1 aliphatic rings. The summed E-state index contributed by atoms with van der Waals surface area (Å²) in [6.45, 7) is 3.21. The van der Waals surface area contributed by atoms with E-state index in [1.54, 1.807) is 30.2 Å². The topological polar surface area (TPSA) is 71.3 Å². The van der Waals surface area contributed by atoms with E-state index >= 15 is 0 Å². The largest absolute Gasteiger partial charge is 0.497 e. The lowest BCUT2D eigenvalue weighted by Crippen LogP contribution is -2.04. The van der Waals surface area contributed by atoms with Crippen LogP contribution in [0.4, 0.5) is 0 Å². The fourth-order valence-electron chi connectivity index (χ4n) is 3.47. The van der Waals surface area contributed by atoms with E-state index in [4.69, 9.17) is 19.2 Å². The van der Waals surface area contributed by atoms with E-state index in [-0.39, 0.29) is 6.79 Å². The molecule has 5 rings (SSSR count). The van der Waals surface area contributed by atoms with Crippen molar-refractivity contribution in [3.63, 3.8) is 0 Å². The summed E-state index contributed by atoms with van der Waals surface area (Å²) in [5.74, 6) is 4.10. The van der Waals surface area contributed by atoms with E-state index in [2.05, 4.69) is 39.2 Å². The maximum absolute atomic E-state index is 5.48. The number of fused-ring (bicyclic) bond motifs is 1. The van der Waals surface area contributed by atoms with Crippen LogP contribution in [0.1, 0.15) is 24.0 Å². The lowest BCUT2D eigenvalue weighted by molar-refractivity contribution is 0.174. The van der Waals surface area contributed by atoms with Crippen molar-refractivity contribution >= 4 is 23.1 Å². The van der Waals surface area contributed by atoms with Crippen LogP contribution in [-0.2, 0) is 18.7 Å². The molecule has 0 amide bonds. The van der Waals surface area contributed by atoms with Gasteiger partial charge in [-0.05, 0) is 42.8 Å². The number of methoxy groups -OCH3 is 1. The summed E-state index contributed by atoms with van der Waals surface area (Å²) in [7, 11) is 1.67. The normalized spacial score (nSPS) is 12.3. The molecule has 9 heteroatoms. The molecular weight excluding hydrogens is 444 g/mol. The Labute approximate surface area is 194 Å². The zero-order valence-electron chi connectivity index (χ0n) is 17.8. The van der Waals surface area contributed by atoms with Crippen LogP contribution >= 0.6 is 23.1 Å². The second-order valence-electron chi connectivity index (χ2n) is 7.17. The third kappa shape index (κ3) is 4.31. The van der Waals surface area contributed by atoms with Gasteiger partial charge in [0.1, 0.15) is 16.6 Å². The number of thioether (sulfide) groups is 1. The average Bonchev–Trinajstić information content (AvgIpc) is 3.57. The molecule has 0 spiro atoms. The van der Waals surface area contributed by atoms with Gasteiger partial charge < -0.3 is 18.8 Å². The van der Waals surface area contributed by atoms with Gasteiger partial charge in [0.2, 0.25) is 6.79 Å². The maximum Gasteiger partial charge on any atom is 0.231 e. The van der Waals surface area contributed by atoms with Gasteiger partial charge in [-0.3, -0.25) is 0 Å². The van der Waals surface area contributed by atoms with Gasteiger partial charge in [0.15, 0.2) is 16.7 Å². The van der Waals surface area contributed by atoms with E-state index in [1.807, 2.05) is 30.3 Å². The van der Waals surface area contributed by atoms with Crippen molar-refractivity contribution in [2.45, 2.75) is 30.8 Å². The Hall–Kier alpha value is -3.04. The second kappa shape index (κ2) is 9.22. The zero-order chi connectivity index (χ0) is 21.9. The van der Waals surface area contributed by atoms with Crippen LogP contribution in [0, 0.1) is 0 Å². The number of ether oxygens (including phenoxy) is 3. The first-order valence-electron chi connectivity index (χ1n) is 10.3. The van der Waals surface area contributed by atoms with Crippen LogP contribution in [-0.4, -0.2) is 33.7 Å². The number of hydrogen-bond acceptors (Lipinski definition) is 8. The third-order valence-electron chi connectivity index (χ3n) is 5.15. The number of benzene rings is 2. The first-order valence-corrected chi connectivity index (χ1v) is 12.1. The molecule has 4 aromatic rings. The number of hydrogen-bond donors (Lipinski definition) is 0. The highest BCUT2D eigenvalue weighted by Crippen LogP contribution is 2.37. The zero-order valence-corrected chi connectivity index (χ0v) is 19.4. The standard InChI is InChI=1S/C23H22N4O3S2/c1-3-27-21(10-15-4-7-18(28-2)8-5-15)25-26-23(27)32-13-17-12-31-22(24-17)16-6-9-19-20(11-16)30-14-29-19/h4-9,11-12H,3,10,13-14H2,1-2H3. The molecule has 0 saturated carbocycles. The predicted octanol–water partition coefficient (Wildman–Crippen LogP) is 5.04. The van der Waals surface area contributed by atoms with Gasteiger partial charge >= 0.3 is 0 Å². The molecule has 32 heavy (non-hydrogen) atoms. The second-order valence-corrected chi connectivity index (χ2v) is 8.97. The smallest absolute Gasteiger partial charge is 0.231 e. The quantitative estimate of drug-likeness (QED) is 0.337. The van der Waals surface area contributed by atoms with E-state index < -0.39 is 0 Å². The Bertz CT molecular complexity index is 1220. The highest BCUT2D eigenvalue weighted by molar-refractivity contribution is 7.98. The van der Waals surface area contributed by atoms with Gasteiger partial charge in [-0.1, -0.05) is 23.9 Å². The van der Waals surface area contributed by atoms with Crippen LogP contribution in [0.3, 0.4) is 0 Å². The molecule has 2 aromatic heterocycles. The van der Waals surface area contributed by atoms with Gasteiger partial charge in [-0.25, -0.2) is 4.98 Å². The van der Waals surface area contributed by atoms with Gasteiger partial charge in [-0.15, -0.1) is 21.5 Å². The van der Waals surface area contributed by atoms with Crippen LogP contribution in [0.15, 0.2) is 53.0 Å². The van der Waals surface area contributed by atoms with Crippen LogP contribution in [0.25, 0.3) is 10.6 Å². The maximum atomic E-state index is 5.48. The first-order chi connectivity index (χ1) is 15.7. The predicted molar refractivity (Wildman–Crippen MR) is 125 cm³/mol. The van der Waals surface area contributed by atoms with E-state index in [9.17, 15) is 0 Å². The van der Waals surface area contributed by atoms with Crippen LogP contribution in [0.5, 0.6) is 17.2 Å². The fourth-order valence-corrected chi connectivity index (χ4v) is 5.31. The molecule has 0 aliphatic carbocycles. The number of rotatable bonds is 8. The Morgan fingerprint density at radius 2 is 1.94 bits per heavy atom. The van der Waals surface area contributed by atoms with Gasteiger partial charge in [0.25, 0.3) is 0 Å².